The molecule has 0 radical (unpaired) electrons. The van der Waals surface area contributed by atoms with E-state index in [0.29, 0.717) is 12.2 Å². The highest BCUT2D eigenvalue weighted by atomic mass is 32.2. The van der Waals surface area contributed by atoms with Crippen molar-refractivity contribution in [1.29, 1.82) is 0 Å². The maximum atomic E-state index is 14.0. The van der Waals surface area contributed by atoms with Gasteiger partial charge in [0.25, 0.3) is 0 Å². The molecule has 0 atom stereocenters. The third-order valence-corrected chi connectivity index (χ3v) is 8.95. The minimum absolute atomic E-state index is 0.0563. The molecule has 0 saturated heterocycles. The fourth-order valence-electron chi connectivity index (χ4n) is 4.61. The lowest BCUT2D eigenvalue weighted by molar-refractivity contribution is -0.139. The van der Waals surface area contributed by atoms with Crippen molar-refractivity contribution in [2.45, 2.75) is 87.9 Å². The Bertz CT molecular complexity index is 1300. The molecule has 196 valence electrons. The summed E-state index contributed by atoms with van der Waals surface area (Å²) < 4.78 is 96.0. The SMILES string of the molecule is Cc1c(S(N)(=O)=O)cc(-c2ccc(S(=O)(=O)NC(C)(C)C)c(C(F)(F)F)c2)n1CC1CCCCC1. The van der Waals surface area contributed by atoms with Gasteiger partial charge in [0.2, 0.25) is 20.0 Å². The van der Waals surface area contributed by atoms with Crippen LogP contribution in [-0.2, 0) is 32.8 Å². The van der Waals surface area contributed by atoms with Crippen LogP contribution in [0.5, 0.6) is 0 Å². The van der Waals surface area contributed by atoms with E-state index in [2.05, 4.69) is 4.72 Å². The quantitative estimate of drug-likeness (QED) is 0.554. The summed E-state index contributed by atoms with van der Waals surface area (Å²) in [6, 6.07) is 4.21. The molecule has 0 spiro atoms. The van der Waals surface area contributed by atoms with Crippen LogP contribution in [0.3, 0.4) is 0 Å². The first kappa shape index (κ1) is 27.7. The van der Waals surface area contributed by atoms with E-state index >= 15 is 0 Å². The summed E-state index contributed by atoms with van der Waals surface area (Å²) in [5, 5.41) is 5.38. The Morgan fingerprint density at radius 1 is 1.00 bits per heavy atom. The van der Waals surface area contributed by atoms with E-state index in [1.165, 1.54) is 32.9 Å². The maximum absolute atomic E-state index is 14.0. The minimum atomic E-state index is -4.96. The number of hydrogen-bond acceptors (Lipinski definition) is 4. The molecule has 2 aromatic rings. The zero-order chi connectivity index (χ0) is 26.4. The van der Waals surface area contributed by atoms with Gasteiger partial charge in [-0.2, -0.15) is 13.2 Å². The molecule has 1 saturated carbocycles. The molecule has 7 nitrogen and oxygen atoms in total. The number of halogens is 3. The normalized spacial score (nSPS) is 16.6. The summed E-state index contributed by atoms with van der Waals surface area (Å²) in [5.41, 5.74) is -1.67. The van der Waals surface area contributed by atoms with Crippen LogP contribution >= 0.6 is 0 Å². The zero-order valence-corrected chi connectivity index (χ0v) is 21.9. The summed E-state index contributed by atoms with van der Waals surface area (Å²) in [4.78, 5) is -1.06. The standard InChI is InChI=1S/C23H32F3N3O4S2/c1-15-21(34(27,30)31)13-19(29(15)14-16-8-6-5-7-9-16)17-10-11-20(18(12-17)23(24,25)26)35(32,33)28-22(2,3)4/h10-13,16,28H,5-9,14H2,1-4H3,(H2,27,30,31). The lowest BCUT2D eigenvalue weighted by Gasteiger charge is -2.25. The Balaban J connectivity index is 2.20. The molecule has 1 fully saturated rings. The second-order valence-corrected chi connectivity index (χ2v) is 13.4. The summed E-state index contributed by atoms with van der Waals surface area (Å²) in [5.74, 6) is 0.250. The van der Waals surface area contributed by atoms with Crippen molar-refractivity contribution in [2.24, 2.45) is 11.1 Å². The third-order valence-electron chi connectivity index (χ3n) is 6.10. The number of nitrogens with zero attached hydrogens (tertiary/aromatic N) is 1. The lowest BCUT2D eigenvalue weighted by atomic mass is 9.89. The lowest BCUT2D eigenvalue weighted by Crippen LogP contribution is -2.41. The third kappa shape index (κ3) is 6.46. The van der Waals surface area contributed by atoms with Crippen LogP contribution < -0.4 is 9.86 Å². The Morgan fingerprint density at radius 3 is 2.11 bits per heavy atom. The van der Waals surface area contributed by atoms with Crippen molar-refractivity contribution in [3.8, 4) is 11.3 Å². The largest absolute Gasteiger partial charge is 0.417 e. The number of hydrogen-bond donors (Lipinski definition) is 2. The first-order valence-corrected chi connectivity index (χ1v) is 14.4. The molecule has 12 heteroatoms. The molecule has 35 heavy (non-hydrogen) atoms. The molecule has 1 aromatic carbocycles. The molecule has 0 aliphatic heterocycles. The van der Waals surface area contributed by atoms with Crippen LogP contribution in [0.1, 0.15) is 64.1 Å². The first-order chi connectivity index (χ1) is 15.9. The van der Waals surface area contributed by atoms with Gasteiger partial charge in [0.05, 0.1) is 10.5 Å². The van der Waals surface area contributed by atoms with Crippen LogP contribution in [-0.4, -0.2) is 26.9 Å². The van der Waals surface area contributed by atoms with Crippen molar-refractivity contribution >= 4 is 20.0 Å². The molecule has 1 aromatic heterocycles. The average molecular weight is 536 g/mol. The number of aromatic nitrogens is 1. The Morgan fingerprint density at radius 2 is 1.60 bits per heavy atom. The fraction of sp³-hybridized carbons (Fsp3) is 0.565. The van der Waals surface area contributed by atoms with Gasteiger partial charge in [-0.15, -0.1) is 0 Å². The van der Waals surface area contributed by atoms with E-state index in [1.807, 2.05) is 0 Å². The number of sulfonamides is 2. The first-order valence-electron chi connectivity index (χ1n) is 11.4. The zero-order valence-electron chi connectivity index (χ0n) is 20.2. The van der Waals surface area contributed by atoms with Gasteiger partial charge in [0, 0.05) is 23.5 Å². The number of rotatable bonds is 6. The fourth-order valence-corrected chi connectivity index (χ4v) is 7.04. The van der Waals surface area contributed by atoms with E-state index in [-0.39, 0.29) is 22.1 Å². The van der Waals surface area contributed by atoms with E-state index in [1.54, 1.807) is 11.5 Å². The molecular weight excluding hydrogens is 503 g/mol. The van der Waals surface area contributed by atoms with E-state index < -0.39 is 42.2 Å². The molecule has 1 aliphatic rings. The molecule has 1 aliphatic carbocycles. The van der Waals surface area contributed by atoms with Gasteiger partial charge >= 0.3 is 6.18 Å². The van der Waals surface area contributed by atoms with Crippen molar-refractivity contribution in [2.75, 3.05) is 0 Å². The highest BCUT2D eigenvalue weighted by Gasteiger charge is 2.39. The van der Waals surface area contributed by atoms with Gasteiger partial charge in [-0.1, -0.05) is 25.3 Å². The molecule has 3 N–H and O–H groups in total. The Labute approximate surface area is 205 Å². The van der Waals surface area contributed by atoms with Gasteiger partial charge in [0.15, 0.2) is 0 Å². The van der Waals surface area contributed by atoms with Crippen molar-refractivity contribution in [3.05, 3.63) is 35.5 Å². The maximum Gasteiger partial charge on any atom is 0.417 e. The van der Waals surface area contributed by atoms with Gasteiger partial charge in [-0.25, -0.2) is 26.7 Å². The van der Waals surface area contributed by atoms with Crippen molar-refractivity contribution < 1.29 is 30.0 Å². The minimum Gasteiger partial charge on any atom is -0.343 e. The van der Waals surface area contributed by atoms with Crippen molar-refractivity contribution in [1.82, 2.24) is 9.29 Å². The Kier molecular flexibility index (Phi) is 7.54. The average Bonchev–Trinajstić information content (AvgIpc) is 3.02. The van der Waals surface area contributed by atoms with E-state index in [9.17, 15) is 30.0 Å². The van der Waals surface area contributed by atoms with Crippen LogP contribution in [0.25, 0.3) is 11.3 Å². The van der Waals surface area contributed by atoms with Crippen LogP contribution in [0.2, 0.25) is 0 Å². The summed E-state index contributed by atoms with van der Waals surface area (Å²) in [7, 11) is -8.61. The second-order valence-electron chi connectivity index (χ2n) is 10.2. The molecule has 3 rings (SSSR count). The molecule has 1 heterocycles. The molecule has 0 unspecified atom stereocenters. The predicted molar refractivity (Wildman–Crippen MR) is 128 cm³/mol. The monoisotopic (exact) mass is 535 g/mol. The van der Waals surface area contributed by atoms with E-state index in [4.69, 9.17) is 5.14 Å². The van der Waals surface area contributed by atoms with Gasteiger partial charge in [0.1, 0.15) is 4.90 Å². The predicted octanol–water partition coefficient (Wildman–Crippen LogP) is 4.79. The smallest absolute Gasteiger partial charge is 0.343 e. The number of alkyl halides is 3. The summed E-state index contributed by atoms with van der Waals surface area (Å²) >= 11 is 0. The van der Waals surface area contributed by atoms with Crippen molar-refractivity contribution in [3.63, 3.8) is 0 Å². The highest BCUT2D eigenvalue weighted by molar-refractivity contribution is 7.89. The number of nitrogens with one attached hydrogen (secondary N) is 1. The highest BCUT2D eigenvalue weighted by Crippen LogP contribution is 2.39. The number of benzene rings is 1. The molecule has 0 amide bonds. The Hall–Kier alpha value is -1.89. The number of nitrogens with two attached hydrogens (primary N) is 1. The topological polar surface area (TPSA) is 111 Å². The second kappa shape index (κ2) is 9.53. The number of primary sulfonamides is 1. The molecular formula is C23H32F3N3O4S2. The van der Waals surface area contributed by atoms with Gasteiger partial charge in [-0.3, -0.25) is 0 Å². The van der Waals surface area contributed by atoms with Gasteiger partial charge < -0.3 is 4.57 Å². The summed E-state index contributed by atoms with van der Waals surface area (Å²) in [6.45, 7) is 6.60. The molecule has 0 bridgehead atoms. The van der Waals surface area contributed by atoms with E-state index in [0.717, 1.165) is 44.2 Å². The van der Waals surface area contributed by atoms with Crippen LogP contribution in [0.4, 0.5) is 13.2 Å². The summed E-state index contributed by atoms with van der Waals surface area (Å²) in [6.07, 6.45) is 0.0960. The van der Waals surface area contributed by atoms with Crippen LogP contribution in [0.15, 0.2) is 34.1 Å². The van der Waals surface area contributed by atoms with Gasteiger partial charge in [-0.05, 0) is 70.2 Å². The van der Waals surface area contributed by atoms with Crippen LogP contribution in [0, 0.1) is 12.8 Å².